The minimum atomic E-state index is -0.405. The molecule has 0 atom stereocenters. The lowest BCUT2D eigenvalue weighted by Gasteiger charge is -2.30. The zero-order valence-corrected chi connectivity index (χ0v) is 14.6. The number of anilines is 2. The van der Waals surface area contributed by atoms with E-state index in [0.717, 1.165) is 11.4 Å². The Morgan fingerprint density at radius 1 is 1.12 bits per heavy atom. The van der Waals surface area contributed by atoms with Crippen LogP contribution in [-0.4, -0.2) is 42.0 Å². The van der Waals surface area contributed by atoms with E-state index in [1.54, 1.807) is 23.2 Å². The van der Waals surface area contributed by atoms with Gasteiger partial charge < -0.3 is 20.3 Å². The van der Waals surface area contributed by atoms with Crippen LogP contribution in [0.2, 0.25) is 0 Å². The van der Waals surface area contributed by atoms with Gasteiger partial charge in [-0.3, -0.25) is 9.78 Å². The lowest BCUT2D eigenvalue weighted by Crippen LogP contribution is -2.42. The number of hydrogen-bond donors (Lipinski definition) is 2. The summed E-state index contributed by atoms with van der Waals surface area (Å²) in [5.74, 6) is 0.274. The third-order valence-corrected chi connectivity index (χ3v) is 4.42. The van der Waals surface area contributed by atoms with Crippen LogP contribution in [-0.2, 0) is 4.79 Å². The quantitative estimate of drug-likeness (QED) is 0.882. The first-order valence-corrected chi connectivity index (χ1v) is 8.62. The van der Waals surface area contributed by atoms with Crippen molar-refractivity contribution in [2.45, 2.75) is 12.8 Å². The first kappa shape index (κ1) is 17.7. The van der Waals surface area contributed by atoms with Crippen LogP contribution in [0.5, 0.6) is 5.75 Å². The van der Waals surface area contributed by atoms with Crippen LogP contribution in [0.15, 0.2) is 48.8 Å². The number of likely N-dealkylation sites (tertiary alicyclic amines) is 1. The van der Waals surface area contributed by atoms with Crippen LogP contribution >= 0.6 is 0 Å². The average molecular weight is 354 g/mol. The van der Waals surface area contributed by atoms with Crippen molar-refractivity contribution in [1.82, 2.24) is 9.88 Å². The summed E-state index contributed by atoms with van der Waals surface area (Å²) in [6.45, 7) is 0.982. The Balaban J connectivity index is 1.51. The van der Waals surface area contributed by atoms with Gasteiger partial charge in [0, 0.05) is 32.3 Å². The molecule has 1 aliphatic heterocycles. The lowest BCUT2D eigenvalue weighted by molar-refractivity contribution is -0.121. The molecule has 26 heavy (non-hydrogen) atoms. The summed E-state index contributed by atoms with van der Waals surface area (Å²) in [7, 11) is 1.82. The molecule has 1 saturated heterocycles. The molecule has 7 nitrogen and oxygen atoms in total. The van der Waals surface area contributed by atoms with Gasteiger partial charge in [0.05, 0.1) is 17.6 Å². The fraction of sp³-hybridized carbons (Fsp3) is 0.316. The minimum Gasteiger partial charge on any atom is -0.409 e. The number of para-hydroxylation sites is 2. The molecule has 1 aromatic heterocycles. The second-order valence-electron chi connectivity index (χ2n) is 6.10. The number of amides is 2. The van der Waals surface area contributed by atoms with Gasteiger partial charge >= 0.3 is 6.09 Å². The number of rotatable bonds is 4. The maximum atomic E-state index is 12.5. The molecule has 136 valence electrons. The number of hydrogen-bond acceptors (Lipinski definition) is 5. The number of carbonyl (C=O) groups is 2. The number of nitrogens with zero attached hydrogens (tertiary/aromatic N) is 2. The van der Waals surface area contributed by atoms with Crippen LogP contribution in [0.3, 0.4) is 0 Å². The van der Waals surface area contributed by atoms with Crippen molar-refractivity contribution in [1.29, 1.82) is 0 Å². The van der Waals surface area contributed by atoms with E-state index >= 15 is 0 Å². The second-order valence-corrected chi connectivity index (χ2v) is 6.10. The largest absolute Gasteiger partial charge is 0.415 e. The summed E-state index contributed by atoms with van der Waals surface area (Å²) in [5, 5.41) is 6.03. The highest BCUT2D eigenvalue weighted by molar-refractivity contribution is 5.95. The van der Waals surface area contributed by atoms with Crippen LogP contribution in [0.4, 0.5) is 16.2 Å². The molecule has 1 fully saturated rings. The van der Waals surface area contributed by atoms with Crippen LogP contribution in [0.25, 0.3) is 0 Å². The van der Waals surface area contributed by atoms with Gasteiger partial charge in [0.15, 0.2) is 5.75 Å². The Morgan fingerprint density at radius 3 is 2.50 bits per heavy atom. The van der Waals surface area contributed by atoms with Gasteiger partial charge in [-0.15, -0.1) is 0 Å². The summed E-state index contributed by atoms with van der Waals surface area (Å²) in [4.78, 5) is 30.2. The Kier molecular flexibility index (Phi) is 5.68. The van der Waals surface area contributed by atoms with E-state index in [-0.39, 0.29) is 11.8 Å². The highest BCUT2D eigenvalue weighted by Crippen LogP contribution is 2.24. The molecule has 2 N–H and O–H groups in total. The molecule has 0 aliphatic carbocycles. The Hall–Kier alpha value is -3.09. The number of pyridine rings is 1. The molecule has 0 spiro atoms. The summed E-state index contributed by atoms with van der Waals surface area (Å²) < 4.78 is 5.29. The van der Waals surface area contributed by atoms with Gasteiger partial charge in [-0.25, -0.2) is 4.79 Å². The maximum Gasteiger partial charge on any atom is 0.415 e. The van der Waals surface area contributed by atoms with Gasteiger partial charge in [-0.1, -0.05) is 12.1 Å². The van der Waals surface area contributed by atoms with Crippen molar-refractivity contribution in [3.63, 3.8) is 0 Å². The van der Waals surface area contributed by atoms with Gasteiger partial charge in [-0.05, 0) is 37.1 Å². The monoisotopic (exact) mass is 354 g/mol. The molecule has 0 bridgehead atoms. The highest BCUT2D eigenvalue weighted by Gasteiger charge is 2.28. The fourth-order valence-electron chi connectivity index (χ4n) is 2.94. The zero-order valence-electron chi connectivity index (χ0n) is 14.6. The summed E-state index contributed by atoms with van der Waals surface area (Å²) >= 11 is 0. The summed E-state index contributed by atoms with van der Waals surface area (Å²) in [6, 6.07) is 11.0. The molecule has 1 aliphatic rings. The van der Waals surface area contributed by atoms with Gasteiger partial charge in [0.2, 0.25) is 5.91 Å². The van der Waals surface area contributed by atoms with E-state index < -0.39 is 6.09 Å². The topological polar surface area (TPSA) is 83.6 Å². The molecule has 0 unspecified atom stereocenters. The third-order valence-electron chi connectivity index (χ3n) is 4.42. The number of piperidine rings is 1. The molecule has 7 heteroatoms. The second kappa shape index (κ2) is 8.33. The van der Waals surface area contributed by atoms with E-state index in [2.05, 4.69) is 15.6 Å². The molecular weight excluding hydrogens is 332 g/mol. The number of ether oxygens (including phenoxy) is 1. The smallest absolute Gasteiger partial charge is 0.409 e. The van der Waals surface area contributed by atoms with E-state index in [1.165, 1.54) is 6.20 Å². The molecular formula is C19H22N4O3. The fourth-order valence-corrected chi connectivity index (χ4v) is 2.94. The van der Waals surface area contributed by atoms with Crippen molar-refractivity contribution < 1.29 is 14.3 Å². The van der Waals surface area contributed by atoms with Crippen LogP contribution in [0, 0.1) is 5.92 Å². The van der Waals surface area contributed by atoms with Gasteiger partial charge in [0.1, 0.15) is 0 Å². The molecule has 1 aromatic carbocycles. The molecule has 3 rings (SSSR count). The summed E-state index contributed by atoms with van der Waals surface area (Å²) in [5.41, 5.74) is 1.64. The first-order chi connectivity index (χ1) is 12.7. The number of nitrogens with one attached hydrogen (secondary N) is 2. The Morgan fingerprint density at radius 2 is 1.85 bits per heavy atom. The molecule has 2 aromatic rings. The van der Waals surface area contributed by atoms with Crippen molar-refractivity contribution >= 4 is 23.4 Å². The standard InChI is InChI=1S/C19H22N4O3/c1-20-16-6-2-3-7-17(16)22-18(24)14-8-11-23(12-9-14)19(25)26-15-5-4-10-21-13-15/h2-7,10,13-14,20H,8-9,11-12H2,1H3,(H,22,24). The van der Waals surface area contributed by atoms with E-state index in [0.29, 0.717) is 31.7 Å². The maximum absolute atomic E-state index is 12.5. The number of benzene rings is 1. The SMILES string of the molecule is CNc1ccccc1NC(=O)C1CCN(C(=O)Oc2cccnc2)CC1. The van der Waals surface area contributed by atoms with Crippen molar-refractivity contribution in [2.24, 2.45) is 5.92 Å². The Labute approximate surface area is 152 Å². The van der Waals surface area contributed by atoms with Crippen LogP contribution in [0.1, 0.15) is 12.8 Å². The van der Waals surface area contributed by atoms with E-state index in [9.17, 15) is 9.59 Å². The van der Waals surface area contributed by atoms with E-state index in [4.69, 9.17) is 4.74 Å². The van der Waals surface area contributed by atoms with Gasteiger partial charge in [0.25, 0.3) is 0 Å². The highest BCUT2D eigenvalue weighted by atomic mass is 16.6. The summed E-state index contributed by atoms with van der Waals surface area (Å²) in [6.07, 6.45) is 3.92. The van der Waals surface area contributed by atoms with Crippen molar-refractivity contribution in [3.8, 4) is 5.75 Å². The molecule has 2 amide bonds. The average Bonchev–Trinajstić information content (AvgIpc) is 2.69. The number of aromatic nitrogens is 1. The van der Waals surface area contributed by atoms with E-state index in [1.807, 2.05) is 31.3 Å². The van der Waals surface area contributed by atoms with Crippen molar-refractivity contribution in [2.75, 3.05) is 30.8 Å². The lowest BCUT2D eigenvalue weighted by atomic mass is 9.96. The van der Waals surface area contributed by atoms with Gasteiger partial charge in [-0.2, -0.15) is 0 Å². The molecule has 0 radical (unpaired) electrons. The zero-order chi connectivity index (χ0) is 18.4. The molecule has 0 saturated carbocycles. The first-order valence-electron chi connectivity index (χ1n) is 8.62. The Bertz CT molecular complexity index is 758. The molecule has 2 heterocycles. The third kappa shape index (κ3) is 4.30. The predicted molar refractivity (Wildman–Crippen MR) is 99.2 cm³/mol. The normalized spacial score (nSPS) is 14.6. The number of carbonyl (C=O) groups excluding carboxylic acids is 2. The van der Waals surface area contributed by atoms with Crippen molar-refractivity contribution in [3.05, 3.63) is 48.8 Å². The minimum absolute atomic E-state index is 0.0204. The van der Waals surface area contributed by atoms with Crippen LogP contribution < -0.4 is 15.4 Å². The predicted octanol–water partition coefficient (Wildman–Crippen LogP) is 2.97.